The van der Waals surface area contributed by atoms with Crippen LogP contribution >= 0.6 is 0 Å². The van der Waals surface area contributed by atoms with Crippen LogP contribution in [0.25, 0.3) is 0 Å². The molecule has 4 nitrogen and oxygen atoms in total. The van der Waals surface area contributed by atoms with Crippen molar-refractivity contribution in [3.05, 3.63) is 35.4 Å². The van der Waals surface area contributed by atoms with E-state index in [4.69, 9.17) is 9.84 Å². The van der Waals surface area contributed by atoms with Gasteiger partial charge in [-0.25, -0.2) is 0 Å². The molecule has 0 bridgehead atoms. The summed E-state index contributed by atoms with van der Waals surface area (Å²) in [5.74, 6) is 5.79. The van der Waals surface area contributed by atoms with Gasteiger partial charge in [-0.15, -0.1) is 0 Å². The molecule has 1 aromatic carbocycles. The number of ether oxygens (including phenoxy) is 1. The van der Waals surface area contributed by atoms with Gasteiger partial charge in [0.05, 0.1) is 19.3 Å². The Hall–Kier alpha value is -1.83. The number of aliphatic hydroxyl groups excluding tert-OH is 1. The molecule has 1 atom stereocenters. The van der Waals surface area contributed by atoms with Crippen molar-refractivity contribution in [3.8, 4) is 11.8 Å². The molecule has 1 aliphatic rings. The van der Waals surface area contributed by atoms with Gasteiger partial charge in [-0.1, -0.05) is 17.9 Å². The van der Waals surface area contributed by atoms with E-state index in [1.807, 2.05) is 19.2 Å². The first kappa shape index (κ1) is 14.6. The first-order valence-electron chi connectivity index (χ1n) is 6.77. The highest BCUT2D eigenvalue weighted by Crippen LogP contribution is 2.14. The van der Waals surface area contributed by atoms with Gasteiger partial charge in [-0.2, -0.15) is 0 Å². The first-order valence-corrected chi connectivity index (χ1v) is 6.77. The van der Waals surface area contributed by atoms with Crippen LogP contribution in [0, 0.1) is 11.8 Å². The lowest BCUT2D eigenvalue weighted by Crippen LogP contribution is -2.37. The van der Waals surface area contributed by atoms with Crippen LogP contribution < -0.4 is 0 Å². The van der Waals surface area contributed by atoms with E-state index in [-0.39, 0.29) is 18.6 Å². The third-order valence-electron chi connectivity index (χ3n) is 3.35. The number of carbonyl (C=O) groups is 1. The van der Waals surface area contributed by atoms with Gasteiger partial charge < -0.3 is 14.7 Å². The predicted octanol–water partition coefficient (Wildman–Crippen LogP) is 1.28. The number of aliphatic hydroxyl groups is 1. The second kappa shape index (κ2) is 7.09. The van der Waals surface area contributed by atoms with Crippen LogP contribution in [0.4, 0.5) is 0 Å². The van der Waals surface area contributed by atoms with Gasteiger partial charge in [-0.05, 0) is 24.6 Å². The van der Waals surface area contributed by atoms with Crippen LogP contribution in [-0.2, 0) is 4.74 Å². The standard InChI is InChI=1S/C16H19NO3/c1-17(15-8-10-20-12-15)16(19)14-7-4-6-13(11-14)5-2-3-9-18/h4,6-7,11,15,18H,3,8-10,12H2,1H3. The fourth-order valence-electron chi connectivity index (χ4n) is 2.15. The zero-order valence-electron chi connectivity index (χ0n) is 11.6. The molecular weight excluding hydrogens is 254 g/mol. The molecule has 0 spiro atoms. The van der Waals surface area contributed by atoms with E-state index in [9.17, 15) is 4.79 Å². The van der Waals surface area contributed by atoms with Gasteiger partial charge in [0.15, 0.2) is 0 Å². The Bertz CT molecular complexity index is 524. The summed E-state index contributed by atoms with van der Waals surface area (Å²) in [7, 11) is 1.81. The molecule has 1 aliphatic heterocycles. The number of benzene rings is 1. The van der Waals surface area contributed by atoms with Gasteiger partial charge in [0.25, 0.3) is 5.91 Å². The summed E-state index contributed by atoms with van der Waals surface area (Å²) in [6.07, 6.45) is 1.33. The van der Waals surface area contributed by atoms with E-state index in [0.29, 0.717) is 18.6 Å². The molecule has 106 valence electrons. The van der Waals surface area contributed by atoms with Crippen LogP contribution in [-0.4, -0.2) is 48.8 Å². The number of carbonyl (C=O) groups excluding carboxylic acids is 1. The van der Waals surface area contributed by atoms with Gasteiger partial charge in [0, 0.05) is 31.2 Å². The van der Waals surface area contributed by atoms with Crippen molar-refractivity contribution >= 4 is 5.91 Å². The zero-order chi connectivity index (χ0) is 14.4. The lowest BCUT2D eigenvalue weighted by molar-refractivity contribution is 0.0711. The van der Waals surface area contributed by atoms with Crippen LogP contribution in [0.2, 0.25) is 0 Å². The molecule has 1 aromatic rings. The number of amides is 1. The Morgan fingerprint density at radius 2 is 2.40 bits per heavy atom. The minimum absolute atomic E-state index is 0.00805. The van der Waals surface area contributed by atoms with Crippen molar-refractivity contribution in [1.82, 2.24) is 4.90 Å². The predicted molar refractivity (Wildman–Crippen MR) is 76.3 cm³/mol. The molecule has 1 amide bonds. The number of likely N-dealkylation sites (N-methyl/N-ethyl adjacent to an activating group) is 1. The molecule has 0 radical (unpaired) electrons. The molecule has 2 rings (SSSR count). The van der Waals surface area contributed by atoms with Crippen molar-refractivity contribution in [1.29, 1.82) is 0 Å². The summed E-state index contributed by atoms with van der Waals surface area (Å²) >= 11 is 0. The lowest BCUT2D eigenvalue weighted by Gasteiger charge is -2.23. The Morgan fingerprint density at radius 1 is 1.55 bits per heavy atom. The molecule has 0 saturated carbocycles. The summed E-state index contributed by atoms with van der Waals surface area (Å²) in [6.45, 7) is 1.38. The third kappa shape index (κ3) is 3.60. The fraction of sp³-hybridized carbons (Fsp3) is 0.438. The van der Waals surface area contributed by atoms with E-state index >= 15 is 0 Å². The average Bonchev–Trinajstić information content (AvgIpc) is 3.00. The quantitative estimate of drug-likeness (QED) is 0.844. The number of rotatable bonds is 3. The molecule has 1 N–H and O–H groups in total. The minimum atomic E-state index is -0.00805. The highest BCUT2D eigenvalue weighted by atomic mass is 16.5. The Morgan fingerprint density at radius 3 is 3.10 bits per heavy atom. The Kier molecular flexibility index (Phi) is 5.16. The monoisotopic (exact) mass is 273 g/mol. The van der Waals surface area contributed by atoms with E-state index in [1.54, 1.807) is 17.0 Å². The van der Waals surface area contributed by atoms with Crippen molar-refractivity contribution < 1.29 is 14.6 Å². The van der Waals surface area contributed by atoms with Crippen LogP contribution in [0.1, 0.15) is 28.8 Å². The Balaban J connectivity index is 2.10. The molecule has 20 heavy (non-hydrogen) atoms. The van der Waals surface area contributed by atoms with Gasteiger partial charge in [-0.3, -0.25) is 4.79 Å². The summed E-state index contributed by atoms with van der Waals surface area (Å²) in [4.78, 5) is 14.1. The SMILES string of the molecule is CN(C(=O)c1cccc(C#CCCO)c1)C1CCOC1. The number of nitrogens with zero attached hydrogens (tertiary/aromatic N) is 1. The summed E-state index contributed by atoms with van der Waals surface area (Å²) in [6, 6.07) is 7.44. The molecule has 4 heteroatoms. The normalized spacial score (nSPS) is 17.4. The minimum Gasteiger partial charge on any atom is -0.395 e. The van der Waals surface area contributed by atoms with Gasteiger partial charge >= 0.3 is 0 Å². The van der Waals surface area contributed by atoms with Crippen molar-refractivity contribution in [3.63, 3.8) is 0 Å². The summed E-state index contributed by atoms with van der Waals surface area (Å²) < 4.78 is 5.31. The maximum Gasteiger partial charge on any atom is 0.253 e. The van der Waals surface area contributed by atoms with Gasteiger partial charge in [0.1, 0.15) is 0 Å². The van der Waals surface area contributed by atoms with Crippen molar-refractivity contribution in [2.75, 3.05) is 26.9 Å². The van der Waals surface area contributed by atoms with E-state index in [0.717, 1.165) is 18.6 Å². The first-order chi connectivity index (χ1) is 9.72. The highest BCUT2D eigenvalue weighted by molar-refractivity contribution is 5.94. The smallest absolute Gasteiger partial charge is 0.253 e. The second-order valence-electron chi connectivity index (χ2n) is 4.79. The van der Waals surface area contributed by atoms with E-state index < -0.39 is 0 Å². The average molecular weight is 273 g/mol. The highest BCUT2D eigenvalue weighted by Gasteiger charge is 2.24. The van der Waals surface area contributed by atoms with Crippen LogP contribution in [0.3, 0.4) is 0 Å². The Labute approximate surface area is 119 Å². The maximum atomic E-state index is 12.4. The maximum absolute atomic E-state index is 12.4. The van der Waals surface area contributed by atoms with Crippen LogP contribution in [0.15, 0.2) is 24.3 Å². The van der Waals surface area contributed by atoms with Crippen molar-refractivity contribution in [2.24, 2.45) is 0 Å². The lowest BCUT2D eigenvalue weighted by atomic mass is 10.1. The largest absolute Gasteiger partial charge is 0.395 e. The number of hydrogen-bond donors (Lipinski definition) is 1. The molecule has 1 fully saturated rings. The van der Waals surface area contributed by atoms with E-state index in [1.165, 1.54) is 0 Å². The second-order valence-corrected chi connectivity index (χ2v) is 4.79. The topological polar surface area (TPSA) is 49.8 Å². The molecule has 1 unspecified atom stereocenters. The molecule has 0 aromatic heterocycles. The van der Waals surface area contributed by atoms with Crippen LogP contribution in [0.5, 0.6) is 0 Å². The summed E-state index contributed by atoms with van der Waals surface area (Å²) in [5.41, 5.74) is 1.43. The van der Waals surface area contributed by atoms with Gasteiger partial charge in [0.2, 0.25) is 0 Å². The number of hydrogen-bond acceptors (Lipinski definition) is 3. The van der Waals surface area contributed by atoms with E-state index in [2.05, 4.69) is 11.8 Å². The third-order valence-corrected chi connectivity index (χ3v) is 3.35. The summed E-state index contributed by atoms with van der Waals surface area (Å²) in [5, 5.41) is 8.71. The fourth-order valence-corrected chi connectivity index (χ4v) is 2.15. The zero-order valence-corrected chi connectivity index (χ0v) is 11.6. The molecule has 1 heterocycles. The molecule has 0 aliphatic carbocycles. The van der Waals surface area contributed by atoms with Crippen molar-refractivity contribution in [2.45, 2.75) is 18.9 Å². The molecule has 1 saturated heterocycles. The molecular formula is C16H19NO3.